The van der Waals surface area contributed by atoms with Gasteiger partial charge in [0.25, 0.3) is 0 Å². The van der Waals surface area contributed by atoms with Crippen LogP contribution in [0.3, 0.4) is 0 Å². The fourth-order valence-electron chi connectivity index (χ4n) is 2.71. The Bertz CT molecular complexity index is 212. The molecule has 3 heteroatoms. The lowest BCUT2D eigenvalue weighted by molar-refractivity contribution is 0.0781. The van der Waals surface area contributed by atoms with Gasteiger partial charge in [0.2, 0.25) is 0 Å². The first-order valence-electron chi connectivity index (χ1n) is 7.17. The summed E-state index contributed by atoms with van der Waals surface area (Å²) in [5.41, 5.74) is 0.366. The minimum Gasteiger partial charge on any atom is -0.309 e. The van der Waals surface area contributed by atoms with Gasteiger partial charge in [0, 0.05) is 24.7 Å². The van der Waals surface area contributed by atoms with E-state index >= 15 is 0 Å². The maximum absolute atomic E-state index is 3.76. The van der Waals surface area contributed by atoms with E-state index in [4.69, 9.17) is 0 Å². The van der Waals surface area contributed by atoms with Crippen LogP contribution in [-0.4, -0.2) is 61.7 Å². The Morgan fingerprint density at radius 3 is 2.47 bits per heavy atom. The second-order valence-corrected chi connectivity index (χ2v) is 5.84. The van der Waals surface area contributed by atoms with Gasteiger partial charge in [0.1, 0.15) is 0 Å². The molecule has 1 rings (SSSR count). The van der Waals surface area contributed by atoms with Crippen molar-refractivity contribution in [2.45, 2.75) is 51.6 Å². The third-order valence-corrected chi connectivity index (χ3v) is 4.31. The molecule has 1 atom stereocenters. The van der Waals surface area contributed by atoms with Gasteiger partial charge in [-0.1, -0.05) is 13.8 Å². The van der Waals surface area contributed by atoms with E-state index in [0.717, 1.165) is 6.54 Å². The largest absolute Gasteiger partial charge is 0.309 e. The zero-order valence-electron chi connectivity index (χ0n) is 12.4. The number of nitrogens with zero attached hydrogens (tertiary/aromatic N) is 2. The minimum atomic E-state index is 0.366. The van der Waals surface area contributed by atoms with Crippen LogP contribution < -0.4 is 5.32 Å². The molecule has 1 heterocycles. The maximum atomic E-state index is 3.76. The van der Waals surface area contributed by atoms with Gasteiger partial charge < -0.3 is 10.2 Å². The second-order valence-electron chi connectivity index (χ2n) is 5.84. The van der Waals surface area contributed by atoms with Crippen molar-refractivity contribution in [1.82, 2.24) is 15.1 Å². The molecule has 3 nitrogen and oxygen atoms in total. The SMILES string of the molecule is CCC1(CC)CN(CCCN(C)C)C(C)CN1. The average Bonchev–Trinajstić information content (AvgIpc) is 2.32. The Morgan fingerprint density at radius 2 is 1.94 bits per heavy atom. The molecule has 0 spiro atoms. The molecule has 1 aliphatic rings. The molecule has 0 aromatic heterocycles. The van der Waals surface area contributed by atoms with Crippen LogP contribution in [0.5, 0.6) is 0 Å². The van der Waals surface area contributed by atoms with Crippen molar-refractivity contribution in [2.24, 2.45) is 0 Å². The van der Waals surface area contributed by atoms with Crippen molar-refractivity contribution in [3.8, 4) is 0 Å². The predicted molar refractivity (Wildman–Crippen MR) is 75.5 cm³/mol. The Kier molecular flexibility index (Phi) is 5.90. The fourth-order valence-corrected chi connectivity index (χ4v) is 2.71. The molecule has 0 radical (unpaired) electrons. The van der Waals surface area contributed by atoms with Gasteiger partial charge in [-0.05, 0) is 53.4 Å². The maximum Gasteiger partial charge on any atom is 0.0304 e. The van der Waals surface area contributed by atoms with Crippen LogP contribution in [0.4, 0.5) is 0 Å². The fraction of sp³-hybridized carbons (Fsp3) is 1.00. The summed E-state index contributed by atoms with van der Waals surface area (Å²) in [5, 5.41) is 3.76. The van der Waals surface area contributed by atoms with E-state index in [1.54, 1.807) is 0 Å². The monoisotopic (exact) mass is 241 g/mol. The zero-order chi connectivity index (χ0) is 12.9. The lowest BCUT2D eigenvalue weighted by atomic mass is 9.88. The molecule has 1 fully saturated rings. The van der Waals surface area contributed by atoms with Gasteiger partial charge in [0.05, 0.1) is 0 Å². The first-order chi connectivity index (χ1) is 8.03. The summed E-state index contributed by atoms with van der Waals surface area (Å²) in [6.45, 7) is 11.8. The first kappa shape index (κ1) is 14.9. The third-order valence-electron chi connectivity index (χ3n) is 4.31. The first-order valence-corrected chi connectivity index (χ1v) is 7.17. The normalized spacial score (nSPS) is 25.4. The van der Waals surface area contributed by atoms with Crippen LogP contribution in [0, 0.1) is 0 Å². The predicted octanol–water partition coefficient (Wildman–Crippen LogP) is 1.79. The molecule has 0 saturated carbocycles. The summed E-state index contributed by atoms with van der Waals surface area (Å²) in [4.78, 5) is 4.95. The van der Waals surface area contributed by atoms with Crippen molar-refractivity contribution in [3.05, 3.63) is 0 Å². The molecule has 0 aromatic rings. The molecule has 1 N–H and O–H groups in total. The molecule has 0 aliphatic carbocycles. The molecule has 1 aliphatic heterocycles. The molecular weight excluding hydrogens is 210 g/mol. The molecule has 1 unspecified atom stereocenters. The van der Waals surface area contributed by atoms with E-state index < -0.39 is 0 Å². The number of hydrogen-bond acceptors (Lipinski definition) is 3. The Labute approximate surface area is 108 Å². The molecule has 17 heavy (non-hydrogen) atoms. The zero-order valence-corrected chi connectivity index (χ0v) is 12.4. The molecular formula is C14H31N3. The van der Waals surface area contributed by atoms with Gasteiger partial charge >= 0.3 is 0 Å². The van der Waals surface area contributed by atoms with Gasteiger partial charge in [-0.15, -0.1) is 0 Å². The molecule has 0 amide bonds. The summed E-state index contributed by atoms with van der Waals surface area (Å²) in [7, 11) is 4.31. The summed E-state index contributed by atoms with van der Waals surface area (Å²) >= 11 is 0. The Morgan fingerprint density at radius 1 is 1.29 bits per heavy atom. The van der Waals surface area contributed by atoms with Crippen molar-refractivity contribution in [1.29, 1.82) is 0 Å². The number of piperazine rings is 1. The number of hydrogen-bond donors (Lipinski definition) is 1. The van der Waals surface area contributed by atoms with Crippen molar-refractivity contribution in [2.75, 3.05) is 40.3 Å². The van der Waals surface area contributed by atoms with E-state index in [1.165, 1.54) is 38.9 Å². The highest BCUT2D eigenvalue weighted by atomic mass is 15.2. The number of rotatable bonds is 6. The molecule has 102 valence electrons. The van der Waals surface area contributed by atoms with Gasteiger partial charge in [0.15, 0.2) is 0 Å². The summed E-state index contributed by atoms with van der Waals surface area (Å²) in [6.07, 6.45) is 3.75. The summed E-state index contributed by atoms with van der Waals surface area (Å²) in [5.74, 6) is 0. The minimum absolute atomic E-state index is 0.366. The van der Waals surface area contributed by atoms with Crippen molar-refractivity contribution >= 4 is 0 Å². The van der Waals surface area contributed by atoms with Gasteiger partial charge in [-0.2, -0.15) is 0 Å². The van der Waals surface area contributed by atoms with E-state index in [9.17, 15) is 0 Å². The van der Waals surface area contributed by atoms with E-state index in [0.29, 0.717) is 11.6 Å². The van der Waals surface area contributed by atoms with Crippen LogP contribution in [-0.2, 0) is 0 Å². The molecule has 0 aromatic carbocycles. The standard InChI is InChI=1S/C14H31N3/c1-6-14(7-2)12-17(13(3)11-15-14)10-8-9-16(4)5/h13,15H,6-12H2,1-5H3. The lowest BCUT2D eigenvalue weighted by Crippen LogP contribution is -2.63. The molecule has 0 bridgehead atoms. The highest BCUT2D eigenvalue weighted by Crippen LogP contribution is 2.22. The van der Waals surface area contributed by atoms with Crippen LogP contribution in [0.25, 0.3) is 0 Å². The van der Waals surface area contributed by atoms with E-state index in [-0.39, 0.29) is 0 Å². The van der Waals surface area contributed by atoms with Crippen LogP contribution in [0.15, 0.2) is 0 Å². The Hall–Kier alpha value is -0.120. The van der Waals surface area contributed by atoms with Crippen LogP contribution >= 0.6 is 0 Å². The van der Waals surface area contributed by atoms with Gasteiger partial charge in [-0.3, -0.25) is 4.90 Å². The summed E-state index contributed by atoms with van der Waals surface area (Å²) < 4.78 is 0. The van der Waals surface area contributed by atoms with E-state index in [1.807, 2.05) is 0 Å². The second kappa shape index (κ2) is 6.72. The van der Waals surface area contributed by atoms with E-state index in [2.05, 4.69) is 50.0 Å². The quantitative estimate of drug-likeness (QED) is 0.765. The highest BCUT2D eigenvalue weighted by Gasteiger charge is 2.34. The average molecular weight is 241 g/mol. The molecule has 1 saturated heterocycles. The highest BCUT2D eigenvalue weighted by molar-refractivity contribution is 4.95. The van der Waals surface area contributed by atoms with Gasteiger partial charge in [-0.25, -0.2) is 0 Å². The Balaban J connectivity index is 2.45. The third kappa shape index (κ3) is 4.23. The topological polar surface area (TPSA) is 18.5 Å². The number of nitrogens with one attached hydrogen (secondary N) is 1. The van der Waals surface area contributed by atoms with Crippen molar-refractivity contribution in [3.63, 3.8) is 0 Å². The van der Waals surface area contributed by atoms with Crippen LogP contribution in [0.1, 0.15) is 40.0 Å². The lowest BCUT2D eigenvalue weighted by Gasteiger charge is -2.46. The van der Waals surface area contributed by atoms with Crippen molar-refractivity contribution < 1.29 is 0 Å². The smallest absolute Gasteiger partial charge is 0.0304 e. The van der Waals surface area contributed by atoms with Crippen LogP contribution in [0.2, 0.25) is 0 Å². The summed E-state index contributed by atoms with van der Waals surface area (Å²) in [6, 6.07) is 0.684.